The van der Waals surface area contributed by atoms with Crippen LogP contribution in [0.2, 0.25) is 0 Å². The molecule has 2 saturated carbocycles. The Morgan fingerprint density at radius 2 is 1.70 bits per heavy atom. The van der Waals surface area contributed by atoms with Gasteiger partial charge in [0.05, 0.1) is 0 Å². The predicted molar refractivity (Wildman–Crippen MR) is 151 cm³/mol. The molecule has 2 saturated heterocycles. The van der Waals surface area contributed by atoms with Gasteiger partial charge in [-0.1, -0.05) is 12.1 Å². The van der Waals surface area contributed by atoms with Crippen molar-refractivity contribution in [3.63, 3.8) is 0 Å². The predicted octanol–water partition coefficient (Wildman–Crippen LogP) is 2.64. The summed E-state index contributed by atoms with van der Waals surface area (Å²) in [5, 5.41) is 7.97. The molecule has 3 heterocycles. The molecular weight excluding hydrogens is 504 g/mol. The molecule has 4 fully saturated rings. The highest BCUT2D eigenvalue weighted by atomic mass is 16.2. The van der Waals surface area contributed by atoms with Gasteiger partial charge < -0.3 is 20.0 Å². The van der Waals surface area contributed by atoms with E-state index in [1.807, 2.05) is 14.5 Å². The maximum atomic E-state index is 13.7. The number of hydrogen-bond donors (Lipinski definition) is 1. The van der Waals surface area contributed by atoms with E-state index in [0.717, 1.165) is 62.9 Å². The highest BCUT2D eigenvalue weighted by molar-refractivity contribution is 5.95. The molecule has 0 radical (unpaired) electrons. The van der Waals surface area contributed by atoms with Crippen molar-refractivity contribution < 1.29 is 14.4 Å². The van der Waals surface area contributed by atoms with Crippen LogP contribution in [0.3, 0.4) is 0 Å². The van der Waals surface area contributed by atoms with Crippen LogP contribution in [0.15, 0.2) is 18.2 Å². The van der Waals surface area contributed by atoms with Crippen LogP contribution in [-0.2, 0) is 22.6 Å². The zero-order valence-corrected chi connectivity index (χ0v) is 23.7. The van der Waals surface area contributed by atoms with E-state index in [1.54, 1.807) is 0 Å². The zero-order valence-electron chi connectivity index (χ0n) is 23.7. The first-order valence-corrected chi connectivity index (χ1v) is 15.2. The molecule has 7 rings (SSSR count). The number of carbonyl (C=O) groups is 3. The van der Waals surface area contributed by atoms with Crippen molar-refractivity contribution >= 4 is 23.4 Å². The monoisotopic (exact) mass is 544 g/mol. The summed E-state index contributed by atoms with van der Waals surface area (Å²) in [7, 11) is 0. The summed E-state index contributed by atoms with van der Waals surface area (Å²) in [6.07, 6.45) is 5.62. The van der Waals surface area contributed by atoms with E-state index in [9.17, 15) is 14.4 Å². The van der Waals surface area contributed by atoms with Crippen LogP contribution in [0.1, 0.15) is 70.9 Å². The summed E-state index contributed by atoms with van der Waals surface area (Å²) in [5.74, 6) is 1.49. The first-order valence-electron chi connectivity index (χ1n) is 15.2. The van der Waals surface area contributed by atoms with Crippen LogP contribution in [0.5, 0.6) is 0 Å². The van der Waals surface area contributed by atoms with Gasteiger partial charge in [0.15, 0.2) is 5.69 Å². The van der Waals surface area contributed by atoms with Crippen molar-refractivity contribution in [1.82, 2.24) is 24.9 Å². The second-order valence-electron chi connectivity index (χ2n) is 12.6. The summed E-state index contributed by atoms with van der Waals surface area (Å²) < 4.78 is 1.84. The molecule has 3 amide bonds. The van der Waals surface area contributed by atoms with Gasteiger partial charge in [-0.3, -0.25) is 19.1 Å². The van der Waals surface area contributed by atoms with Gasteiger partial charge in [-0.15, -0.1) is 0 Å². The number of rotatable bonds is 6. The SMILES string of the molecule is Cc1cccc(N2CCN(C(=O)Cn3nc(C(=O)N4CCC(NC(=O)C5CC5)CC4)c4c3C[C@H]3C[C@@H]43)CC2)c1C. The maximum Gasteiger partial charge on any atom is 0.274 e. The van der Waals surface area contributed by atoms with Crippen molar-refractivity contribution in [2.75, 3.05) is 44.2 Å². The van der Waals surface area contributed by atoms with E-state index in [1.165, 1.54) is 16.8 Å². The van der Waals surface area contributed by atoms with Crippen LogP contribution < -0.4 is 10.2 Å². The molecule has 0 spiro atoms. The van der Waals surface area contributed by atoms with Gasteiger partial charge in [-0.2, -0.15) is 5.10 Å². The third-order valence-corrected chi connectivity index (χ3v) is 9.96. The standard InChI is InChI=1S/C31H40N6O3/c1-19-4-3-5-25(20(19)2)34-12-14-35(15-13-34)27(38)18-37-26-17-22-16-24(22)28(26)29(33-37)31(40)36-10-8-23(9-11-36)32-30(39)21-6-7-21/h3-5,21-24H,6-18H2,1-2H3,(H,32,39)/t22-,24-/m1/s1. The molecule has 3 aliphatic carbocycles. The molecule has 1 N–H and O–H groups in total. The van der Waals surface area contributed by atoms with Gasteiger partial charge in [0.1, 0.15) is 6.54 Å². The fourth-order valence-corrected chi connectivity index (χ4v) is 7.02. The Balaban J connectivity index is 0.993. The molecule has 5 aliphatic rings. The van der Waals surface area contributed by atoms with E-state index in [4.69, 9.17) is 5.10 Å². The minimum absolute atomic E-state index is 0.0101. The maximum absolute atomic E-state index is 13.7. The minimum Gasteiger partial charge on any atom is -0.368 e. The Morgan fingerprint density at radius 3 is 2.42 bits per heavy atom. The smallest absolute Gasteiger partial charge is 0.274 e. The Labute approximate surface area is 235 Å². The second kappa shape index (κ2) is 9.93. The highest BCUT2D eigenvalue weighted by Crippen LogP contribution is 2.57. The number of hydrogen-bond acceptors (Lipinski definition) is 5. The Kier molecular flexibility index (Phi) is 6.35. The molecule has 212 valence electrons. The van der Waals surface area contributed by atoms with E-state index in [-0.39, 0.29) is 36.2 Å². The normalized spacial score (nSPS) is 24.1. The van der Waals surface area contributed by atoms with Crippen LogP contribution in [-0.4, -0.2) is 82.6 Å². The molecule has 2 atom stereocenters. The van der Waals surface area contributed by atoms with Crippen molar-refractivity contribution in [1.29, 1.82) is 0 Å². The first-order chi connectivity index (χ1) is 19.4. The number of nitrogens with zero attached hydrogens (tertiary/aromatic N) is 5. The van der Waals surface area contributed by atoms with Crippen molar-refractivity contribution in [3.05, 3.63) is 46.3 Å². The molecule has 9 heteroatoms. The number of anilines is 1. The average Bonchev–Trinajstić information content (AvgIpc) is 3.89. The number of likely N-dealkylation sites (tertiary alicyclic amines) is 1. The molecule has 1 aromatic heterocycles. The number of amides is 3. The van der Waals surface area contributed by atoms with Crippen LogP contribution in [0, 0.1) is 25.7 Å². The zero-order chi connectivity index (χ0) is 27.5. The van der Waals surface area contributed by atoms with Gasteiger partial charge in [-0.25, -0.2) is 0 Å². The lowest BCUT2D eigenvalue weighted by Gasteiger charge is -2.37. The number of piperidine rings is 1. The molecular formula is C31H40N6O3. The highest BCUT2D eigenvalue weighted by Gasteiger charge is 2.50. The summed E-state index contributed by atoms with van der Waals surface area (Å²) in [5.41, 5.74) is 6.61. The van der Waals surface area contributed by atoms with Crippen molar-refractivity contribution in [2.45, 2.75) is 70.9 Å². The lowest BCUT2D eigenvalue weighted by molar-refractivity contribution is -0.132. The molecule has 0 unspecified atom stereocenters. The Morgan fingerprint density at radius 1 is 0.950 bits per heavy atom. The number of carbonyl (C=O) groups excluding carboxylic acids is 3. The van der Waals surface area contributed by atoms with Gasteiger partial charge in [-0.05, 0) is 81.4 Å². The fourth-order valence-electron chi connectivity index (χ4n) is 7.02. The third kappa shape index (κ3) is 4.67. The number of fused-ring (bicyclic) bond motifs is 3. The Bertz CT molecular complexity index is 1350. The Hall–Kier alpha value is -3.36. The second-order valence-corrected chi connectivity index (χ2v) is 12.6. The van der Waals surface area contributed by atoms with Gasteiger partial charge in [0, 0.05) is 68.2 Å². The number of nitrogens with one attached hydrogen (secondary N) is 1. The average molecular weight is 545 g/mol. The molecule has 40 heavy (non-hydrogen) atoms. The summed E-state index contributed by atoms with van der Waals surface area (Å²) in [4.78, 5) is 45.4. The molecule has 9 nitrogen and oxygen atoms in total. The number of benzene rings is 1. The lowest BCUT2D eigenvalue weighted by Crippen LogP contribution is -2.50. The number of aryl methyl sites for hydroxylation is 1. The number of piperazine rings is 1. The topological polar surface area (TPSA) is 90.8 Å². The van der Waals surface area contributed by atoms with E-state index < -0.39 is 0 Å². The van der Waals surface area contributed by atoms with E-state index in [2.05, 4.69) is 42.3 Å². The minimum atomic E-state index is -0.0101. The largest absolute Gasteiger partial charge is 0.368 e. The molecule has 0 bridgehead atoms. The quantitative estimate of drug-likeness (QED) is 0.604. The van der Waals surface area contributed by atoms with Crippen LogP contribution in [0.4, 0.5) is 5.69 Å². The third-order valence-electron chi connectivity index (χ3n) is 9.96. The molecule has 1 aromatic carbocycles. The van der Waals surface area contributed by atoms with Crippen LogP contribution in [0.25, 0.3) is 0 Å². The summed E-state index contributed by atoms with van der Waals surface area (Å²) in [6.45, 7) is 8.80. The van der Waals surface area contributed by atoms with Crippen LogP contribution >= 0.6 is 0 Å². The van der Waals surface area contributed by atoms with E-state index >= 15 is 0 Å². The summed E-state index contributed by atoms with van der Waals surface area (Å²) in [6, 6.07) is 6.57. The summed E-state index contributed by atoms with van der Waals surface area (Å²) >= 11 is 0. The lowest BCUT2D eigenvalue weighted by atomic mass is 10.0. The number of aromatic nitrogens is 2. The first kappa shape index (κ1) is 25.6. The van der Waals surface area contributed by atoms with Crippen molar-refractivity contribution in [3.8, 4) is 0 Å². The molecule has 2 aromatic rings. The molecule has 2 aliphatic heterocycles. The van der Waals surface area contributed by atoms with Gasteiger partial charge in [0.25, 0.3) is 5.91 Å². The van der Waals surface area contributed by atoms with E-state index in [0.29, 0.717) is 43.7 Å². The fraction of sp³-hybridized carbons (Fsp3) is 0.613. The van der Waals surface area contributed by atoms with Crippen molar-refractivity contribution in [2.24, 2.45) is 11.8 Å². The van der Waals surface area contributed by atoms with Gasteiger partial charge >= 0.3 is 0 Å². The van der Waals surface area contributed by atoms with Gasteiger partial charge in [0.2, 0.25) is 11.8 Å².